The quantitative estimate of drug-likeness (QED) is 0.0889. The molecule has 0 spiro atoms. The molecule has 1 saturated heterocycles. The smallest absolute Gasteiger partial charge is 0.437 e. The molecule has 1 aliphatic carbocycles. The van der Waals surface area contributed by atoms with E-state index in [0.29, 0.717) is 54.5 Å². The largest absolute Gasteiger partial charge is 0.481 e. The van der Waals surface area contributed by atoms with Gasteiger partial charge in [-0.15, -0.1) is 0 Å². The van der Waals surface area contributed by atoms with Crippen LogP contribution in [0.2, 0.25) is 5.02 Å². The lowest BCUT2D eigenvalue weighted by Gasteiger charge is -2.22. The van der Waals surface area contributed by atoms with Gasteiger partial charge in [0.15, 0.2) is 11.5 Å². The number of fused-ring (bicyclic) bond motifs is 1. The predicted octanol–water partition coefficient (Wildman–Crippen LogP) is 6.56. The van der Waals surface area contributed by atoms with E-state index < -0.39 is 35.7 Å². The van der Waals surface area contributed by atoms with Crippen LogP contribution in [0.5, 0.6) is 11.8 Å². The number of ether oxygens (including phenoxy) is 2. The fraction of sp³-hybridized carbons (Fsp3) is 0.410. The Hall–Kier alpha value is -4.99. The van der Waals surface area contributed by atoms with Gasteiger partial charge in [-0.25, -0.2) is 9.97 Å². The molecule has 16 heteroatoms. The second-order valence-electron chi connectivity index (χ2n) is 13.9. The van der Waals surface area contributed by atoms with Crippen LogP contribution in [0.1, 0.15) is 67.2 Å². The summed E-state index contributed by atoms with van der Waals surface area (Å²) < 4.78 is 54.3. The molecule has 1 fully saturated rings. The van der Waals surface area contributed by atoms with E-state index in [2.05, 4.69) is 31.2 Å². The van der Waals surface area contributed by atoms with Crippen LogP contribution in [0.15, 0.2) is 48.5 Å². The zero-order valence-electron chi connectivity index (χ0n) is 30.8. The second kappa shape index (κ2) is 16.8. The van der Waals surface area contributed by atoms with Gasteiger partial charge in [0, 0.05) is 48.8 Å². The molecule has 3 heterocycles. The molecule has 1 unspecified atom stereocenters. The molecule has 5 N–H and O–H groups in total. The number of rotatable bonds is 15. The van der Waals surface area contributed by atoms with Crippen LogP contribution in [0.3, 0.4) is 0 Å². The molecule has 1 aliphatic heterocycles. The predicted molar refractivity (Wildman–Crippen MR) is 201 cm³/mol. The molecule has 0 saturated carbocycles. The maximum Gasteiger partial charge on any atom is 0.437 e. The number of aromatic nitrogens is 3. The number of carbonyl (C=O) groups excluding carboxylic acids is 1. The van der Waals surface area contributed by atoms with Crippen molar-refractivity contribution >= 4 is 29.3 Å². The molecule has 292 valence electrons. The molecule has 1 amide bonds. The Labute approximate surface area is 321 Å². The van der Waals surface area contributed by atoms with Crippen LogP contribution in [-0.4, -0.2) is 64.8 Å². The molecule has 55 heavy (non-hydrogen) atoms. The Bertz CT molecular complexity index is 2070. The minimum atomic E-state index is -4.86. The van der Waals surface area contributed by atoms with Gasteiger partial charge in [-0.05, 0) is 47.9 Å². The number of carboxylic acids is 1. The molecule has 6 rings (SSSR count). The number of pyridine rings is 1. The second-order valence-corrected chi connectivity index (χ2v) is 14.3. The minimum Gasteiger partial charge on any atom is -0.481 e. The molecule has 4 aromatic rings. The normalized spacial score (nSPS) is 17.2. The van der Waals surface area contributed by atoms with Crippen molar-refractivity contribution in [3.8, 4) is 34.1 Å². The Morgan fingerprint density at radius 1 is 0.964 bits per heavy atom. The number of amides is 1. The van der Waals surface area contributed by atoms with E-state index in [1.807, 2.05) is 48.5 Å². The first-order chi connectivity index (χ1) is 26.3. The van der Waals surface area contributed by atoms with E-state index in [-0.39, 0.29) is 36.0 Å². The number of methoxy groups -OCH3 is 2. The van der Waals surface area contributed by atoms with E-state index in [1.165, 1.54) is 7.11 Å². The van der Waals surface area contributed by atoms with Gasteiger partial charge in [-0.1, -0.05) is 67.9 Å². The number of hydrogen-bond donors (Lipinski definition) is 5. The lowest BCUT2D eigenvalue weighted by molar-refractivity contribution is -0.142. The fourth-order valence-electron chi connectivity index (χ4n) is 7.15. The third-order valence-electron chi connectivity index (χ3n) is 9.89. The SMILES string of the molecule is COc1nc(-c2cccc(-c3cccc4c3CC[C@@H]4Nc3nc(OC)c(CNC(C(=O)O)C(C)C)nc3C(F)(F)F)c2Cl)ccc1CNC[C@@H]1CCC(=O)N1. The molecular weight excluding hydrogens is 739 g/mol. The number of carboxylic acid groups (broad SMARTS) is 1. The van der Waals surface area contributed by atoms with Crippen molar-refractivity contribution in [2.24, 2.45) is 5.92 Å². The molecule has 2 aromatic heterocycles. The van der Waals surface area contributed by atoms with Crippen molar-refractivity contribution < 1.29 is 37.3 Å². The third kappa shape index (κ3) is 8.79. The highest BCUT2D eigenvalue weighted by atomic mass is 35.5. The molecule has 3 atom stereocenters. The number of alkyl halides is 3. The highest BCUT2D eigenvalue weighted by Gasteiger charge is 2.39. The topological polar surface area (TPSA) is 160 Å². The van der Waals surface area contributed by atoms with Crippen molar-refractivity contribution in [1.29, 1.82) is 0 Å². The summed E-state index contributed by atoms with van der Waals surface area (Å²) in [4.78, 5) is 36.0. The van der Waals surface area contributed by atoms with Crippen molar-refractivity contribution in [2.45, 2.75) is 76.9 Å². The summed E-state index contributed by atoms with van der Waals surface area (Å²) in [5.74, 6) is -1.59. The molecule has 12 nitrogen and oxygen atoms in total. The van der Waals surface area contributed by atoms with Crippen LogP contribution in [0, 0.1) is 5.92 Å². The summed E-state index contributed by atoms with van der Waals surface area (Å²) in [5.41, 5.74) is 4.08. The van der Waals surface area contributed by atoms with Gasteiger partial charge in [0.25, 0.3) is 0 Å². The monoisotopic (exact) mass is 781 g/mol. The number of halogens is 4. The molecule has 0 radical (unpaired) electrons. The van der Waals surface area contributed by atoms with Crippen LogP contribution < -0.4 is 30.7 Å². The number of hydrogen-bond acceptors (Lipinski definition) is 10. The zero-order valence-corrected chi connectivity index (χ0v) is 31.6. The van der Waals surface area contributed by atoms with Crippen LogP contribution >= 0.6 is 11.6 Å². The maximum absolute atomic E-state index is 14.5. The van der Waals surface area contributed by atoms with Crippen LogP contribution in [0.25, 0.3) is 22.4 Å². The summed E-state index contributed by atoms with van der Waals surface area (Å²) in [6.45, 7) is 4.21. The van der Waals surface area contributed by atoms with Gasteiger partial charge in [0.05, 0.1) is 31.0 Å². The third-order valence-corrected chi connectivity index (χ3v) is 10.3. The summed E-state index contributed by atoms with van der Waals surface area (Å²) in [7, 11) is 2.83. The number of nitrogens with one attached hydrogen (secondary N) is 4. The minimum absolute atomic E-state index is 0.0642. The molecule has 0 bridgehead atoms. The molecular formula is C39H43ClF3N7O5. The molecule has 2 aromatic carbocycles. The van der Waals surface area contributed by atoms with Gasteiger partial charge in [-0.3, -0.25) is 14.9 Å². The first-order valence-electron chi connectivity index (χ1n) is 18.0. The molecule has 2 aliphatic rings. The van der Waals surface area contributed by atoms with E-state index in [4.69, 9.17) is 26.1 Å². The summed E-state index contributed by atoms with van der Waals surface area (Å²) in [6, 6.07) is 13.7. The maximum atomic E-state index is 14.5. The average molecular weight is 782 g/mol. The Morgan fingerprint density at radius 2 is 1.69 bits per heavy atom. The lowest BCUT2D eigenvalue weighted by Crippen LogP contribution is -2.40. The summed E-state index contributed by atoms with van der Waals surface area (Å²) >= 11 is 7.11. The summed E-state index contributed by atoms with van der Waals surface area (Å²) in [6.07, 6.45) is -2.50. The zero-order chi connectivity index (χ0) is 39.4. The van der Waals surface area contributed by atoms with E-state index in [9.17, 15) is 27.9 Å². The van der Waals surface area contributed by atoms with Gasteiger partial charge >= 0.3 is 12.1 Å². The highest BCUT2D eigenvalue weighted by Crippen LogP contribution is 2.44. The van der Waals surface area contributed by atoms with Crippen molar-refractivity contribution in [2.75, 3.05) is 26.1 Å². The van der Waals surface area contributed by atoms with Crippen molar-refractivity contribution in [3.63, 3.8) is 0 Å². The fourth-order valence-corrected chi connectivity index (χ4v) is 7.47. The Kier molecular flexibility index (Phi) is 12.1. The van der Waals surface area contributed by atoms with Crippen molar-refractivity contribution in [3.05, 3.63) is 81.6 Å². The number of anilines is 1. The van der Waals surface area contributed by atoms with E-state index >= 15 is 0 Å². The van der Waals surface area contributed by atoms with E-state index in [0.717, 1.165) is 34.2 Å². The summed E-state index contributed by atoms with van der Waals surface area (Å²) in [5, 5.41) is 22.0. The van der Waals surface area contributed by atoms with Gasteiger partial charge in [0.1, 0.15) is 11.7 Å². The number of carbonyl (C=O) groups is 2. The van der Waals surface area contributed by atoms with Gasteiger partial charge < -0.3 is 30.5 Å². The Morgan fingerprint density at radius 3 is 2.36 bits per heavy atom. The van der Waals surface area contributed by atoms with Gasteiger partial charge in [0.2, 0.25) is 17.7 Å². The van der Waals surface area contributed by atoms with Crippen molar-refractivity contribution in [1.82, 2.24) is 30.9 Å². The highest BCUT2D eigenvalue weighted by molar-refractivity contribution is 6.36. The average Bonchev–Trinajstić information content (AvgIpc) is 3.76. The first kappa shape index (κ1) is 39.7. The number of benzene rings is 2. The number of nitrogens with zero attached hydrogens (tertiary/aromatic N) is 3. The lowest BCUT2D eigenvalue weighted by atomic mass is 9.94. The van der Waals surface area contributed by atoms with Crippen LogP contribution in [-0.2, 0) is 35.3 Å². The Balaban J connectivity index is 1.25. The first-order valence-corrected chi connectivity index (χ1v) is 18.4. The van der Waals surface area contributed by atoms with Gasteiger partial charge in [-0.2, -0.15) is 18.2 Å². The number of aliphatic carboxylic acids is 1. The van der Waals surface area contributed by atoms with Crippen LogP contribution in [0.4, 0.5) is 19.0 Å². The standard InChI is InChI=1S/C39H43ClF3N7O5/c1-20(2)33(38(52)53)45-19-30-37(55-4)50-35(34(47-30)39(41,42)43)48-28-15-13-24-23(7-5-8-25(24)28)26-9-6-10-27(32(26)40)29-14-11-21(36(49-29)54-3)17-44-18-22-12-16-31(51)46-22/h5-11,14,20,22,28,33,44-45H,12-13,15-19H2,1-4H3,(H,46,51)(H,48,50)(H,52,53)/t22-,28-,33?/m0/s1. The van der Waals surface area contributed by atoms with E-state index in [1.54, 1.807) is 21.0 Å².